The minimum Gasteiger partial charge on any atom is -0.373 e. The quantitative estimate of drug-likeness (QED) is 0.726. The van der Waals surface area contributed by atoms with Gasteiger partial charge in [-0.05, 0) is 13.8 Å². The molecule has 0 amide bonds. The van der Waals surface area contributed by atoms with Crippen LogP contribution in [0, 0.1) is 0 Å². The van der Waals surface area contributed by atoms with Crippen molar-refractivity contribution in [3.63, 3.8) is 0 Å². The van der Waals surface area contributed by atoms with E-state index in [1.165, 1.54) is 0 Å². The Bertz CT molecular complexity index is 252. The molecule has 0 aromatic rings. The average Bonchev–Trinajstić information content (AvgIpc) is 2.27. The van der Waals surface area contributed by atoms with Crippen LogP contribution in [0.1, 0.15) is 26.7 Å². The molecule has 0 bridgehead atoms. The van der Waals surface area contributed by atoms with E-state index in [0.717, 1.165) is 43.9 Å². The molecule has 2 fully saturated rings. The molecular formula is C12H24BF2N2O+. The van der Waals surface area contributed by atoms with E-state index in [-0.39, 0.29) is 6.44 Å². The monoisotopic (exact) mass is 261 g/mol. The number of morpholine rings is 1. The van der Waals surface area contributed by atoms with E-state index in [9.17, 15) is 8.63 Å². The number of hydrogen-bond donors (Lipinski definition) is 1. The van der Waals surface area contributed by atoms with Gasteiger partial charge in [-0.25, -0.2) is 0 Å². The number of rotatable bonds is 3. The second-order valence-electron chi connectivity index (χ2n) is 5.79. The van der Waals surface area contributed by atoms with Crippen LogP contribution in [0.4, 0.5) is 8.63 Å². The number of quaternary nitrogens is 1. The van der Waals surface area contributed by atoms with Crippen molar-refractivity contribution in [3.05, 3.63) is 0 Å². The lowest BCUT2D eigenvalue weighted by Gasteiger charge is -2.42. The van der Waals surface area contributed by atoms with Crippen LogP contribution in [0.25, 0.3) is 0 Å². The van der Waals surface area contributed by atoms with Crippen LogP contribution >= 0.6 is 0 Å². The number of hydrogen-bond acceptors (Lipinski definition) is 2. The fraction of sp³-hybridized carbons (Fsp3) is 1.00. The van der Waals surface area contributed by atoms with Crippen LogP contribution in [0.3, 0.4) is 0 Å². The zero-order chi connectivity index (χ0) is 13.1. The van der Waals surface area contributed by atoms with Gasteiger partial charge in [-0.2, -0.15) is 0 Å². The standard InChI is InChI=1S/C12H23BF2N2O/c1-10-7-17(8-11(2)18-10)12-3-5-16(6-4-12)9-13(14)15/h10-12H,3-9H2,1-2H3/p+1/t10-,11+. The Morgan fingerprint density at radius 1 is 1.17 bits per heavy atom. The first-order chi connectivity index (χ1) is 8.54. The van der Waals surface area contributed by atoms with E-state index in [4.69, 9.17) is 4.74 Å². The van der Waals surface area contributed by atoms with Crippen LogP contribution < -0.4 is 4.90 Å². The van der Waals surface area contributed by atoms with Gasteiger partial charge in [0.25, 0.3) is 0 Å². The third-order valence-electron chi connectivity index (χ3n) is 4.07. The lowest BCUT2D eigenvalue weighted by molar-refractivity contribution is -0.896. The van der Waals surface area contributed by atoms with Gasteiger partial charge in [0, 0.05) is 32.0 Å². The van der Waals surface area contributed by atoms with E-state index < -0.39 is 7.27 Å². The van der Waals surface area contributed by atoms with Crippen LogP contribution in [0.2, 0.25) is 0 Å². The fourth-order valence-corrected chi connectivity index (χ4v) is 3.31. The summed E-state index contributed by atoms with van der Waals surface area (Å²) in [5.41, 5.74) is 0. The van der Waals surface area contributed by atoms with Crippen molar-refractivity contribution >= 4 is 7.27 Å². The molecule has 0 spiro atoms. The highest BCUT2D eigenvalue weighted by molar-refractivity contribution is 6.42. The summed E-state index contributed by atoms with van der Waals surface area (Å²) in [4.78, 5) is 3.56. The predicted molar refractivity (Wildman–Crippen MR) is 68.1 cm³/mol. The van der Waals surface area contributed by atoms with Gasteiger partial charge in [0.2, 0.25) is 0 Å². The smallest absolute Gasteiger partial charge is 0.373 e. The van der Waals surface area contributed by atoms with Gasteiger partial charge in [0.1, 0.15) is 6.44 Å². The molecular weight excluding hydrogens is 237 g/mol. The molecule has 0 aromatic heterocycles. The Kier molecular flexibility index (Phi) is 4.98. The molecule has 6 heteroatoms. The third kappa shape index (κ3) is 3.90. The van der Waals surface area contributed by atoms with Crippen LogP contribution in [-0.4, -0.2) is 63.0 Å². The topological polar surface area (TPSA) is 16.9 Å². The molecule has 0 saturated carbocycles. The molecule has 2 aliphatic rings. The van der Waals surface area contributed by atoms with Gasteiger partial charge in [-0.15, -0.1) is 0 Å². The van der Waals surface area contributed by atoms with Gasteiger partial charge in [-0.1, -0.05) is 0 Å². The highest BCUT2D eigenvalue weighted by Gasteiger charge is 2.33. The number of likely N-dealkylation sites (tertiary alicyclic amines) is 1. The first kappa shape index (κ1) is 14.2. The van der Waals surface area contributed by atoms with Crippen LogP contribution in [0.15, 0.2) is 0 Å². The highest BCUT2D eigenvalue weighted by atomic mass is 19.2. The maximum absolute atomic E-state index is 12.3. The Labute approximate surface area is 109 Å². The molecule has 0 unspecified atom stereocenters. The fourth-order valence-electron chi connectivity index (χ4n) is 3.31. The Balaban J connectivity index is 1.78. The molecule has 2 rings (SSSR count). The first-order valence-corrected chi connectivity index (χ1v) is 7.06. The Morgan fingerprint density at radius 2 is 1.72 bits per heavy atom. The van der Waals surface area contributed by atoms with E-state index >= 15 is 0 Å². The highest BCUT2D eigenvalue weighted by Crippen LogP contribution is 2.17. The summed E-state index contributed by atoms with van der Waals surface area (Å²) in [5.74, 6) is 0. The predicted octanol–water partition coefficient (Wildman–Crippen LogP) is 0.109. The SMILES string of the molecule is C[C@@H]1CN(C2CC[NH+](CB(F)F)CC2)C[C@H](C)O1. The number of ether oxygens (including phenoxy) is 1. The van der Waals surface area contributed by atoms with E-state index in [1.807, 2.05) is 0 Å². The molecule has 2 aliphatic heterocycles. The molecule has 0 radical (unpaired) electrons. The van der Waals surface area contributed by atoms with Crippen molar-refractivity contribution in [3.8, 4) is 0 Å². The second-order valence-corrected chi connectivity index (χ2v) is 5.79. The molecule has 1 N–H and O–H groups in total. The summed E-state index contributed by atoms with van der Waals surface area (Å²) in [5, 5.41) is 0. The zero-order valence-corrected chi connectivity index (χ0v) is 11.4. The molecule has 3 nitrogen and oxygen atoms in total. The minimum absolute atomic E-state index is 0.0165. The van der Waals surface area contributed by atoms with Gasteiger partial charge in [0.05, 0.1) is 25.3 Å². The van der Waals surface area contributed by atoms with E-state index in [0.29, 0.717) is 18.2 Å². The van der Waals surface area contributed by atoms with Crippen molar-refractivity contribution in [2.45, 2.75) is 44.9 Å². The third-order valence-corrected chi connectivity index (χ3v) is 4.07. The molecule has 0 aliphatic carbocycles. The molecule has 0 aromatic carbocycles. The zero-order valence-electron chi connectivity index (χ0n) is 11.4. The van der Waals surface area contributed by atoms with Crippen molar-refractivity contribution in [2.24, 2.45) is 0 Å². The van der Waals surface area contributed by atoms with Crippen molar-refractivity contribution in [1.82, 2.24) is 4.90 Å². The summed E-state index contributed by atoms with van der Waals surface area (Å²) in [6.45, 7) is 7.96. The maximum atomic E-state index is 12.3. The molecule has 2 saturated heterocycles. The average molecular weight is 261 g/mol. The second kappa shape index (κ2) is 6.30. The minimum atomic E-state index is -2.17. The van der Waals surface area contributed by atoms with Crippen LogP contribution in [-0.2, 0) is 4.74 Å². The number of nitrogens with zero attached hydrogens (tertiary/aromatic N) is 1. The normalized spacial score (nSPS) is 38.7. The Hall–Kier alpha value is -0.195. The molecule has 2 heterocycles. The number of halogens is 2. The van der Waals surface area contributed by atoms with Crippen molar-refractivity contribution < 1.29 is 18.3 Å². The molecule has 104 valence electrons. The summed E-state index contributed by atoms with van der Waals surface area (Å²) in [6, 6.07) is 0.570. The van der Waals surface area contributed by atoms with Gasteiger partial charge < -0.3 is 9.64 Å². The van der Waals surface area contributed by atoms with Gasteiger partial charge in [-0.3, -0.25) is 13.5 Å². The summed E-state index contributed by atoms with van der Waals surface area (Å²) < 4.78 is 30.4. The van der Waals surface area contributed by atoms with E-state index in [2.05, 4.69) is 18.7 Å². The number of nitrogens with one attached hydrogen (secondary N) is 1. The largest absolute Gasteiger partial charge is 0.592 e. The summed E-state index contributed by atoms with van der Waals surface area (Å²) in [6.07, 6.45) is 2.69. The van der Waals surface area contributed by atoms with Crippen molar-refractivity contribution in [2.75, 3.05) is 32.6 Å². The lowest BCUT2D eigenvalue weighted by atomic mass is 9.94. The van der Waals surface area contributed by atoms with Crippen molar-refractivity contribution in [1.29, 1.82) is 0 Å². The lowest BCUT2D eigenvalue weighted by Crippen LogP contribution is -3.14. The maximum Gasteiger partial charge on any atom is 0.592 e. The van der Waals surface area contributed by atoms with Crippen LogP contribution in [0.5, 0.6) is 0 Å². The van der Waals surface area contributed by atoms with Gasteiger partial charge in [0.15, 0.2) is 0 Å². The summed E-state index contributed by atoms with van der Waals surface area (Å²) >= 11 is 0. The molecule has 18 heavy (non-hydrogen) atoms. The summed E-state index contributed by atoms with van der Waals surface area (Å²) in [7, 11) is -2.17. The van der Waals surface area contributed by atoms with Gasteiger partial charge >= 0.3 is 7.27 Å². The number of piperidine rings is 1. The molecule has 2 atom stereocenters. The Morgan fingerprint density at radius 3 is 2.22 bits per heavy atom. The first-order valence-electron chi connectivity index (χ1n) is 7.06. The van der Waals surface area contributed by atoms with E-state index in [1.54, 1.807) is 0 Å².